The van der Waals surface area contributed by atoms with Crippen LogP contribution in [-0.4, -0.2) is 48.5 Å². The number of hydrogen-bond acceptors (Lipinski definition) is 5. The van der Waals surface area contributed by atoms with Crippen LogP contribution in [0.5, 0.6) is 0 Å². The third-order valence-electron chi connectivity index (χ3n) is 4.10. The van der Waals surface area contributed by atoms with E-state index in [1.165, 1.54) is 0 Å². The Morgan fingerprint density at radius 2 is 2.41 bits per heavy atom. The van der Waals surface area contributed by atoms with Crippen molar-refractivity contribution in [3.05, 3.63) is 24.3 Å². The zero-order valence-corrected chi connectivity index (χ0v) is 11.7. The van der Waals surface area contributed by atoms with E-state index in [-0.39, 0.29) is 18.2 Å². The van der Waals surface area contributed by atoms with Crippen molar-refractivity contribution in [3.8, 4) is 6.07 Å². The number of nitrogens with zero attached hydrogens (tertiary/aromatic N) is 6. The summed E-state index contributed by atoms with van der Waals surface area (Å²) in [6.45, 7) is 1.23. The number of aromatic amines is 1. The first-order valence-electron chi connectivity index (χ1n) is 7.10. The van der Waals surface area contributed by atoms with E-state index in [4.69, 9.17) is 5.26 Å². The topological polar surface area (TPSA) is 103 Å². The number of hydrogen-bond donors (Lipinski definition) is 1. The van der Waals surface area contributed by atoms with E-state index in [1.807, 2.05) is 22.7 Å². The fourth-order valence-corrected chi connectivity index (χ4v) is 3.04. The fourth-order valence-electron chi connectivity index (χ4n) is 3.04. The van der Waals surface area contributed by atoms with Gasteiger partial charge in [-0.05, 0) is 12.5 Å². The van der Waals surface area contributed by atoms with Gasteiger partial charge >= 0.3 is 0 Å². The summed E-state index contributed by atoms with van der Waals surface area (Å²) in [6, 6.07) is 3.85. The molecule has 1 amide bonds. The van der Waals surface area contributed by atoms with Gasteiger partial charge in [-0.3, -0.25) is 9.20 Å². The molecule has 1 aliphatic heterocycles. The van der Waals surface area contributed by atoms with Crippen molar-refractivity contribution in [3.63, 3.8) is 0 Å². The molecule has 1 saturated heterocycles. The summed E-state index contributed by atoms with van der Waals surface area (Å²) in [5.74, 6) is 0.847. The number of H-pyrrole nitrogens is 1. The quantitative estimate of drug-likeness (QED) is 0.754. The predicted octanol–water partition coefficient (Wildman–Crippen LogP) is 0.835. The van der Waals surface area contributed by atoms with E-state index < -0.39 is 0 Å². The second kappa shape index (κ2) is 4.80. The molecular weight excluding hydrogens is 282 g/mol. The molecule has 8 nitrogen and oxygen atoms in total. The second-order valence-corrected chi connectivity index (χ2v) is 5.38. The van der Waals surface area contributed by atoms with Crippen molar-refractivity contribution < 1.29 is 4.79 Å². The lowest BCUT2D eigenvalue weighted by molar-refractivity contribution is -0.129. The minimum Gasteiger partial charge on any atom is -0.345 e. The van der Waals surface area contributed by atoms with E-state index in [0.29, 0.717) is 18.7 Å². The van der Waals surface area contributed by atoms with Crippen LogP contribution in [0.1, 0.15) is 24.6 Å². The summed E-state index contributed by atoms with van der Waals surface area (Å²) < 4.78 is 1.99. The minimum absolute atomic E-state index is 0.0702. The van der Waals surface area contributed by atoms with Gasteiger partial charge in [-0.1, -0.05) is 0 Å². The Kier molecular flexibility index (Phi) is 2.79. The molecule has 1 N–H and O–H groups in total. The Labute approximate surface area is 125 Å². The number of nitrogens with one attached hydrogen (secondary N) is 1. The Morgan fingerprint density at radius 1 is 1.50 bits per heavy atom. The first-order chi connectivity index (χ1) is 10.8. The first-order valence-corrected chi connectivity index (χ1v) is 7.10. The molecule has 110 valence electrons. The van der Waals surface area contributed by atoms with Crippen LogP contribution >= 0.6 is 0 Å². The van der Waals surface area contributed by atoms with E-state index in [1.54, 1.807) is 11.1 Å². The molecule has 0 aliphatic carbocycles. The standard InChI is InChI=1S/C14H13N7O/c15-4-1-12(22)20-6-3-9(8-20)14-19-18-11-7-17-13-10(21(11)14)2-5-16-13/h2,5,7,9,16H,1,3,6,8H2/t9-/m1/s1. The molecule has 0 spiro atoms. The normalized spacial score (nSPS) is 18.1. The van der Waals surface area contributed by atoms with Gasteiger partial charge in [0.1, 0.15) is 12.2 Å². The highest BCUT2D eigenvalue weighted by molar-refractivity contribution is 5.78. The molecule has 4 rings (SSSR count). The van der Waals surface area contributed by atoms with Gasteiger partial charge in [0.2, 0.25) is 5.91 Å². The van der Waals surface area contributed by atoms with Gasteiger partial charge < -0.3 is 9.88 Å². The third kappa shape index (κ3) is 1.83. The van der Waals surface area contributed by atoms with Crippen molar-refractivity contribution in [1.82, 2.24) is 29.5 Å². The highest BCUT2D eigenvalue weighted by Gasteiger charge is 2.30. The lowest BCUT2D eigenvalue weighted by atomic mass is 10.1. The fraction of sp³-hybridized carbons (Fsp3) is 0.357. The van der Waals surface area contributed by atoms with Crippen LogP contribution in [0, 0.1) is 11.3 Å². The summed E-state index contributed by atoms with van der Waals surface area (Å²) in [5, 5.41) is 17.1. The first kappa shape index (κ1) is 12.8. The van der Waals surface area contributed by atoms with Gasteiger partial charge in [-0.15, -0.1) is 10.2 Å². The van der Waals surface area contributed by atoms with Gasteiger partial charge in [-0.2, -0.15) is 5.26 Å². The molecule has 1 fully saturated rings. The highest BCUT2D eigenvalue weighted by Crippen LogP contribution is 2.28. The van der Waals surface area contributed by atoms with Crippen LogP contribution in [-0.2, 0) is 4.79 Å². The van der Waals surface area contributed by atoms with Crippen molar-refractivity contribution in [1.29, 1.82) is 5.26 Å². The highest BCUT2D eigenvalue weighted by atomic mass is 16.2. The summed E-state index contributed by atoms with van der Waals surface area (Å²) >= 11 is 0. The van der Waals surface area contributed by atoms with Crippen LogP contribution in [0.15, 0.2) is 18.5 Å². The number of fused-ring (bicyclic) bond motifs is 3. The Bertz CT molecular complexity index is 903. The van der Waals surface area contributed by atoms with Crippen LogP contribution in [0.2, 0.25) is 0 Å². The molecule has 0 unspecified atom stereocenters. The molecule has 3 aromatic heterocycles. The van der Waals surface area contributed by atoms with Gasteiger partial charge in [-0.25, -0.2) is 4.98 Å². The number of carbonyl (C=O) groups excluding carboxylic acids is 1. The monoisotopic (exact) mass is 295 g/mol. The van der Waals surface area contributed by atoms with Crippen LogP contribution in [0.3, 0.4) is 0 Å². The number of rotatable bonds is 2. The zero-order chi connectivity index (χ0) is 15.1. The molecule has 0 bridgehead atoms. The largest absolute Gasteiger partial charge is 0.345 e. The van der Waals surface area contributed by atoms with E-state index >= 15 is 0 Å². The SMILES string of the molecule is N#CCC(=O)N1CC[C@@H](c2nnc3cnc4[nH]ccc4n23)C1. The van der Waals surface area contributed by atoms with Crippen molar-refractivity contribution >= 4 is 22.7 Å². The summed E-state index contributed by atoms with van der Waals surface area (Å²) in [7, 11) is 0. The maximum absolute atomic E-state index is 11.8. The molecule has 3 aromatic rings. The second-order valence-electron chi connectivity index (χ2n) is 5.38. The number of likely N-dealkylation sites (tertiary alicyclic amines) is 1. The molecule has 4 heterocycles. The molecule has 0 aromatic carbocycles. The van der Waals surface area contributed by atoms with Gasteiger partial charge in [0, 0.05) is 25.2 Å². The third-order valence-corrected chi connectivity index (χ3v) is 4.10. The lowest BCUT2D eigenvalue weighted by Crippen LogP contribution is -2.28. The number of carbonyl (C=O) groups is 1. The van der Waals surface area contributed by atoms with Gasteiger partial charge in [0.25, 0.3) is 0 Å². The van der Waals surface area contributed by atoms with Crippen LogP contribution in [0.25, 0.3) is 16.8 Å². The molecule has 22 heavy (non-hydrogen) atoms. The summed E-state index contributed by atoms with van der Waals surface area (Å²) in [6.07, 6.45) is 4.27. The summed E-state index contributed by atoms with van der Waals surface area (Å²) in [4.78, 5) is 20.9. The predicted molar refractivity (Wildman–Crippen MR) is 76.8 cm³/mol. The average molecular weight is 295 g/mol. The van der Waals surface area contributed by atoms with Gasteiger partial charge in [0.05, 0.1) is 17.8 Å². The molecule has 0 saturated carbocycles. The van der Waals surface area contributed by atoms with Crippen LogP contribution < -0.4 is 0 Å². The smallest absolute Gasteiger partial charge is 0.236 e. The molecule has 1 atom stereocenters. The zero-order valence-electron chi connectivity index (χ0n) is 11.7. The van der Waals surface area contributed by atoms with Crippen molar-refractivity contribution in [2.24, 2.45) is 0 Å². The number of nitriles is 1. The Morgan fingerprint density at radius 3 is 3.27 bits per heavy atom. The molecule has 1 aliphatic rings. The Hall–Kier alpha value is -2.95. The molecule has 8 heteroatoms. The average Bonchev–Trinajstić information content (AvgIpc) is 3.24. The lowest BCUT2D eigenvalue weighted by Gasteiger charge is -2.14. The van der Waals surface area contributed by atoms with E-state index in [9.17, 15) is 4.79 Å². The van der Waals surface area contributed by atoms with Crippen LogP contribution in [0.4, 0.5) is 0 Å². The number of aromatic nitrogens is 5. The summed E-state index contributed by atoms with van der Waals surface area (Å²) in [5.41, 5.74) is 2.41. The maximum Gasteiger partial charge on any atom is 0.236 e. The van der Waals surface area contributed by atoms with E-state index in [0.717, 1.165) is 23.4 Å². The minimum atomic E-state index is -0.118. The van der Waals surface area contributed by atoms with E-state index in [2.05, 4.69) is 20.2 Å². The number of amides is 1. The molecular formula is C14H13N7O. The van der Waals surface area contributed by atoms with Crippen molar-refractivity contribution in [2.45, 2.75) is 18.8 Å². The van der Waals surface area contributed by atoms with Gasteiger partial charge in [0.15, 0.2) is 11.3 Å². The Balaban J connectivity index is 1.72. The van der Waals surface area contributed by atoms with Crippen molar-refractivity contribution in [2.75, 3.05) is 13.1 Å². The molecule has 0 radical (unpaired) electrons. The maximum atomic E-state index is 11.8.